The van der Waals surface area contributed by atoms with E-state index in [0.29, 0.717) is 10.5 Å². The number of aromatic carboxylic acids is 1. The molecule has 0 spiro atoms. The molecule has 0 aliphatic heterocycles. The quantitative estimate of drug-likeness (QED) is 0.869. The molecule has 1 aromatic rings. The van der Waals surface area contributed by atoms with Crippen LogP contribution >= 0.6 is 11.8 Å². The van der Waals surface area contributed by atoms with E-state index in [1.807, 2.05) is 20.8 Å². The maximum absolute atomic E-state index is 11.8. The second kappa shape index (κ2) is 5.17. The van der Waals surface area contributed by atoms with Crippen LogP contribution in [-0.4, -0.2) is 30.5 Å². The SMILES string of the molecule is Cc1cc(SC(C)(C)C)c(S(C)(=O)=O)cc1C(=O)O. The normalized spacial score (nSPS) is 12.5. The van der Waals surface area contributed by atoms with Crippen LogP contribution in [0, 0.1) is 6.92 Å². The van der Waals surface area contributed by atoms with E-state index in [2.05, 4.69) is 0 Å². The van der Waals surface area contributed by atoms with Gasteiger partial charge in [-0.1, -0.05) is 20.8 Å². The Hall–Kier alpha value is -1.01. The van der Waals surface area contributed by atoms with E-state index in [9.17, 15) is 13.2 Å². The van der Waals surface area contributed by atoms with Crippen molar-refractivity contribution in [1.82, 2.24) is 0 Å². The Morgan fingerprint density at radius 1 is 1.26 bits per heavy atom. The molecule has 106 valence electrons. The molecule has 1 rings (SSSR count). The first-order valence-electron chi connectivity index (χ1n) is 5.69. The third-order valence-electron chi connectivity index (χ3n) is 2.34. The van der Waals surface area contributed by atoms with E-state index in [-0.39, 0.29) is 15.2 Å². The molecule has 0 saturated carbocycles. The molecular weight excluding hydrogens is 284 g/mol. The second-order valence-corrected chi connectivity index (χ2v) is 9.26. The summed E-state index contributed by atoms with van der Waals surface area (Å²) in [6.45, 7) is 7.60. The lowest BCUT2D eigenvalue weighted by Crippen LogP contribution is -2.11. The summed E-state index contributed by atoms with van der Waals surface area (Å²) in [4.78, 5) is 11.8. The highest BCUT2D eigenvalue weighted by molar-refractivity contribution is 8.01. The third-order valence-corrected chi connectivity index (χ3v) is 4.77. The zero-order valence-corrected chi connectivity index (χ0v) is 13.3. The molecule has 0 bridgehead atoms. The van der Waals surface area contributed by atoms with Gasteiger partial charge in [0.15, 0.2) is 9.84 Å². The Morgan fingerprint density at radius 3 is 2.16 bits per heavy atom. The van der Waals surface area contributed by atoms with E-state index in [4.69, 9.17) is 5.11 Å². The Kier molecular flexibility index (Phi) is 4.37. The van der Waals surface area contributed by atoms with Gasteiger partial charge in [-0.15, -0.1) is 11.8 Å². The van der Waals surface area contributed by atoms with Crippen LogP contribution in [0.25, 0.3) is 0 Å². The van der Waals surface area contributed by atoms with Crippen LogP contribution in [0.2, 0.25) is 0 Å². The molecule has 0 aromatic heterocycles. The minimum atomic E-state index is -3.46. The number of carboxylic acid groups (broad SMARTS) is 1. The Morgan fingerprint density at radius 2 is 1.79 bits per heavy atom. The molecule has 0 heterocycles. The summed E-state index contributed by atoms with van der Waals surface area (Å²) in [5.41, 5.74) is 0.588. The summed E-state index contributed by atoms with van der Waals surface area (Å²) >= 11 is 1.42. The largest absolute Gasteiger partial charge is 0.478 e. The smallest absolute Gasteiger partial charge is 0.335 e. The molecule has 0 fully saturated rings. The van der Waals surface area contributed by atoms with E-state index >= 15 is 0 Å². The summed E-state index contributed by atoms with van der Waals surface area (Å²) in [5, 5.41) is 9.08. The van der Waals surface area contributed by atoms with Crippen molar-refractivity contribution < 1.29 is 18.3 Å². The van der Waals surface area contributed by atoms with Gasteiger partial charge in [0.1, 0.15) is 0 Å². The van der Waals surface area contributed by atoms with E-state index in [1.54, 1.807) is 13.0 Å². The van der Waals surface area contributed by atoms with Crippen LogP contribution in [0.15, 0.2) is 21.9 Å². The number of aryl methyl sites for hydroxylation is 1. The average molecular weight is 302 g/mol. The van der Waals surface area contributed by atoms with Gasteiger partial charge in [0.2, 0.25) is 0 Å². The summed E-state index contributed by atoms with van der Waals surface area (Å²) in [6.07, 6.45) is 1.09. The number of rotatable bonds is 3. The molecule has 0 saturated heterocycles. The van der Waals surface area contributed by atoms with Gasteiger partial charge in [-0.2, -0.15) is 0 Å². The highest BCUT2D eigenvalue weighted by Crippen LogP contribution is 2.37. The maximum atomic E-state index is 11.8. The summed E-state index contributed by atoms with van der Waals surface area (Å²) in [5.74, 6) is -1.12. The number of carboxylic acids is 1. The Balaban J connectivity index is 3.55. The lowest BCUT2D eigenvalue weighted by Gasteiger charge is -2.20. The van der Waals surface area contributed by atoms with Crippen molar-refractivity contribution in [3.05, 3.63) is 23.3 Å². The lowest BCUT2D eigenvalue weighted by molar-refractivity contribution is 0.0695. The monoisotopic (exact) mass is 302 g/mol. The van der Waals surface area contributed by atoms with Crippen molar-refractivity contribution in [2.45, 2.75) is 42.2 Å². The number of benzene rings is 1. The lowest BCUT2D eigenvalue weighted by atomic mass is 10.1. The first-order chi connectivity index (χ1) is 8.42. The zero-order valence-electron chi connectivity index (χ0n) is 11.6. The van der Waals surface area contributed by atoms with Crippen molar-refractivity contribution in [3.63, 3.8) is 0 Å². The molecule has 4 nitrogen and oxygen atoms in total. The molecule has 1 N–H and O–H groups in total. The van der Waals surface area contributed by atoms with Gasteiger partial charge in [0.25, 0.3) is 0 Å². The first-order valence-corrected chi connectivity index (χ1v) is 8.39. The molecule has 0 radical (unpaired) electrons. The summed E-state index contributed by atoms with van der Waals surface area (Å²) in [6, 6.07) is 2.89. The zero-order chi connectivity index (χ0) is 15.0. The van der Waals surface area contributed by atoms with Crippen molar-refractivity contribution >= 4 is 27.6 Å². The van der Waals surface area contributed by atoms with Crippen LogP contribution in [0.4, 0.5) is 0 Å². The van der Waals surface area contributed by atoms with E-state index in [0.717, 1.165) is 6.26 Å². The molecule has 6 heteroatoms. The van der Waals surface area contributed by atoms with Gasteiger partial charge in [0, 0.05) is 15.9 Å². The van der Waals surface area contributed by atoms with Crippen LogP contribution in [0.1, 0.15) is 36.7 Å². The highest BCUT2D eigenvalue weighted by Gasteiger charge is 2.22. The molecule has 19 heavy (non-hydrogen) atoms. The van der Waals surface area contributed by atoms with Gasteiger partial charge in [-0.05, 0) is 24.6 Å². The van der Waals surface area contributed by atoms with Gasteiger partial charge in [-0.3, -0.25) is 0 Å². The maximum Gasteiger partial charge on any atom is 0.335 e. The third kappa shape index (κ3) is 4.24. The van der Waals surface area contributed by atoms with Crippen LogP contribution in [0.5, 0.6) is 0 Å². The number of carbonyl (C=O) groups is 1. The molecule has 0 amide bonds. The molecule has 0 unspecified atom stereocenters. The number of thioether (sulfide) groups is 1. The van der Waals surface area contributed by atoms with Gasteiger partial charge < -0.3 is 5.11 Å². The minimum Gasteiger partial charge on any atom is -0.478 e. The van der Waals surface area contributed by atoms with E-state index in [1.165, 1.54) is 17.8 Å². The van der Waals surface area contributed by atoms with Crippen molar-refractivity contribution in [3.8, 4) is 0 Å². The number of sulfone groups is 1. The fourth-order valence-electron chi connectivity index (χ4n) is 1.59. The van der Waals surface area contributed by atoms with Crippen LogP contribution < -0.4 is 0 Å². The Labute approximate surface area is 118 Å². The number of hydrogen-bond donors (Lipinski definition) is 1. The molecule has 1 aromatic carbocycles. The second-order valence-electron chi connectivity index (χ2n) is 5.41. The minimum absolute atomic E-state index is 0.0266. The average Bonchev–Trinajstić information content (AvgIpc) is 2.11. The fourth-order valence-corrected chi connectivity index (χ4v) is 3.98. The van der Waals surface area contributed by atoms with Crippen molar-refractivity contribution in [2.75, 3.05) is 6.26 Å². The van der Waals surface area contributed by atoms with E-state index < -0.39 is 15.8 Å². The highest BCUT2D eigenvalue weighted by atomic mass is 32.2. The molecule has 0 aliphatic carbocycles. The van der Waals surface area contributed by atoms with Gasteiger partial charge in [0.05, 0.1) is 10.5 Å². The standard InChI is InChI=1S/C13H18O4S2/c1-8-6-10(18-13(2,3)4)11(19(5,16)17)7-9(8)12(14)15/h6-7H,1-5H3,(H,14,15). The van der Waals surface area contributed by atoms with Crippen molar-refractivity contribution in [1.29, 1.82) is 0 Å². The Bertz CT molecular complexity index is 610. The molecule has 0 atom stereocenters. The molecule has 0 aliphatic rings. The fraction of sp³-hybridized carbons (Fsp3) is 0.462. The molecular formula is C13H18O4S2. The van der Waals surface area contributed by atoms with Crippen LogP contribution in [-0.2, 0) is 9.84 Å². The predicted octanol–water partition coefficient (Wildman–Crippen LogP) is 2.99. The number of hydrogen-bond acceptors (Lipinski definition) is 4. The summed E-state index contributed by atoms with van der Waals surface area (Å²) < 4.78 is 23.5. The van der Waals surface area contributed by atoms with Crippen LogP contribution in [0.3, 0.4) is 0 Å². The van der Waals surface area contributed by atoms with Crippen molar-refractivity contribution in [2.24, 2.45) is 0 Å². The first kappa shape index (κ1) is 16.0. The van der Waals surface area contributed by atoms with Gasteiger partial charge >= 0.3 is 5.97 Å². The predicted molar refractivity (Wildman–Crippen MR) is 76.9 cm³/mol. The van der Waals surface area contributed by atoms with Gasteiger partial charge in [-0.25, -0.2) is 13.2 Å². The topological polar surface area (TPSA) is 71.4 Å². The summed E-state index contributed by atoms with van der Waals surface area (Å²) in [7, 11) is -3.46.